The number of amides is 2. The maximum Gasteiger partial charge on any atom is 0.322 e. The van der Waals surface area contributed by atoms with Gasteiger partial charge in [-0.15, -0.1) is 6.58 Å². The Kier molecular flexibility index (Phi) is 6.59. The summed E-state index contributed by atoms with van der Waals surface area (Å²) in [6.07, 6.45) is 1.73. The molecule has 2 N–H and O–H groups in total. The van der Waals surface area contributed by atoms with Crippen molar-refractivity contribution in [3.8, 4) is 5.75 Å². The molecule has 2 amide bonds. The highest BCUT2D eigenvalue weighted by Gasteiger charge is 2.11. The van der Waals surface area contributed by atoms with E-state index in [0.29, 0.717) is 12.2 Å². The quantitative estimate of drug-likeness (QED) is 0.753. The van der Waals surface area contributed by atoms with E-state index in [-0.39, 0.29) is 25.3 Å². The lowest BCUT2D eigenvalue weighted by molar-refractivity contribution is 0.195. The van der Waals surface area contributed by atoms with E-state index < -0.39 is 0 Å². The number of carbonyl (C=O) groups is 1. The number of hydrogen-bond acceptors (Lipinski definition) is 3. The number of benzene rings is 1. The molecule has 5 heteroatoms. The zero-order valence-corrected chi connectivity index (χ0v) is 12.0. The molecular formula is C15H22N2O3. The van der Waals surface area contributed by atoms with Crippen LogP contribution < -0.4 is 10.1 Å². The maximum atomic E-state index is 12.0. The summed E-state index contributed by atoms with van der Waals surface area (Å²) >= 11 is 0. The second-order valence-electron chi connectivity index (χ2n) is 4.58. The molecular weight excluding hydrogens is 256 g/mol. The number of urea groups is 1. The number of carbonyl (C=O) groups excluding carboxylic acids is 1. The van der Waals surface area contributed by atoms with Crippen LogP contribution in [0.25, 0.3) is 0 Å². The van der Waals surface area contributed by atoms with Crippen molar-refractivity contribution in [3.63, 3.8) is 0 Å². The fraction of sp³-hybridized carbons (Fsp3) is 0.400. The number of aliphatic hydroxyl groups is 1. The summed E-state index contributed by atoms with van der Waals surface area (Å²) in [7, 11) is 0. The third-order valence-electron chi connectivity index (χ3n) is 2.48. The average molecular weight is 278 g/mol. The Hall–Kier alpha value is -2.01. The largest absolute Gasteiger partial charge is 0.491 e. The van der Waals surface area contributed by atoms with Crippen molar-refractivity contribution < 1.29 is 14.6 Å². The first-order valence-corrected chi connectivity index (χ1v) is 6.61. The van der Waals surface area contributed by atoms with Gasteiger partial charge in [0, 0.05) is 18.8 Å². The first-order valence-electron chi connectivity index (χ1n) is 6.61. The SMILES string of the molecule is C=CCN(CCO)C(=O)Nc1ccc(OC(C)C)cc1. The Morgan fingerprint density at radius 1 is 1.45 bits per heavy atom. The van der Waals surface area contributed by atoms with E-state index >= 15 is 0 Å². The molecule has 0 aliphatic carbocycles. The number of hydrogen-bond donors (Lipinski definition) is 2. The highest BCUT2D eigenvalue weighted by Crippen LogP contribution is 2.17. The van der Waals surface area contributed by atoms with Gasteiger partial charge in [0.1, 0.15) is 5.75 Å². The lowest BCUT2D eigenvalue weighted by Crippen LogP contribution is -2.37. The second-order valence-corrected chi connectivity index (χ2v) is 4.58. The van der Waals surface area contributed by atoms with Crippen LogP contribution in [0.15, 0.2) is 36.9 Å². The molecule has 0 bridgehead atoms. The Balaban J connectivity index is 2.62. The van der Waals surface area contributed by atoms with Crippen LogP contribution in [-0.2, 0) is 0 Å². The predicted molar refractivity (Wildman–Crippen MR) is 80.1 cm³/mol. The van der Waals surface area contributed by atoms with Gasteiger partial charge in [0.25, 0.3) is 0 Å². The Morgan fingerprint density at radius 2 is 2.10 bits per heavy atom. The number of rotatable bonds is 7. The first-order chi connectivity index (χ1) is 9.56. The van der Waals surface area contributed by atoms with Gasteiger partial charge < -0.3 is 20.1 Å². The molecule has 0 spiro atoms. The van der Waals surface area contributed by atoms with Crippen LogP contribution in [0.5, 0.6) is 5.75 Å². The number of anilines is 1. The minimum atomic E-state index is -0.267. The molecule has 0 heterocycles. The molecule has 20 heavy (non-hydrogen) atoms. The minimum absolute atomic E-state index is 0.0809. The van der Waals surface area contributed by atoms with E-state index in [1.165, 1.54) is 4.90 Å². The molecule has 5 nitrogen and oxygen atoms in total. The van der Waals surface area contributed by atoms with Gasteiger partial charge in [-0.2, -0.15) is 0 Å². The predicted octanol–water partition coefficient (Wildman–Crippen LogP) is 2.49. The highest BCUT2D eigenvalue weighted by atomic mass is 16.5. The molecule has 0 radical (unpaired) electrons. The fourth-order valence-corrected chi connectivity index (χ4v) is 1.64. The minimum Gasteiger partial charge on any atom is -0.491 e. The monoisotopic (exact) mass is 278 g/mol. The number of nitrogens with one attached hydrogen (secondary N) is 1. The summed E-state index contributed by atoms with van der Waals surface area (Å²) in [5, 5.41) is 11.7. The van der Waals surface area contributed by atoms with Gasteiger partial charge in [-0.1, -0.05) is 6.08 Å². The Bertz CT molecular complexity index is 429. The van der Waals surface area contributed by atoms with Gasteiger partial charge in [0.05, 0.1) is 12.7 Å². The van der Waals surface area contributed by atoms with Gasteiger partial charge in [-0.25, -0.2) is 4.79 Å². The van der Waals surface area contributed by atoms with Crippen molar-refractivity contribution in [3.05, 3.63) is 36.9 Å². The van der Waals surface area contributed by atoms with Gasteiger partial charge >= 0.3 is 6.03 Å². The van der Waals surface area contributed by atoms with Crippen LogP contribution in [0.2, 0.25) is 0 Å². The zero-order chi connectivity index (χ0) is 15.0. The smallest absolute Gasteiger partial charge is 0.322 e. The van der Waals surface area contributed by atoms with E-state index in [2.05, 4.69) is 11.9 Å². The Morgan fingerprint density at radius 3 is 2.60 bits per heavy atom. The molecule has 1 rings (SSSR count). The Labute approximate surface area is 119 Å². The van der Waals surface area contributed by atoms with Crippen molar-refractivity contribution in [1.82, 2.24) is 4.90 Å². The van der Waals surface area contributed by atoms with E-state index in [1.807, 2.05) is 13.8 Å². The van der Waals surface area contributed by atoms with Crippen molar-refractivity contribution in [2.75, 3.05) is 25.0 Å². The van der Waals surface area contributed by atoms with Crippen molar-refractivity contribution >= 4 is 11.7 Å². The summed E-state index contributed by atoms with van der Waals surface area (Å²) in [6.45, 7) is 8.08. The van der Waals surface area contributed by atoms with Crippen molar-refractivity contribution in [1.29, 1.82) is 0 Å². The van der Waals surface area contributed by atoms with E-state index in [0.717, 1.165) is 5.75 Å². The molecule has 0 aliphatic heterocycles. The molecule has 0 unspecified atom stereocenters. The van der Waals surface area contributed by atoms with E-state index in [4.69, 9.17) is 9.84 Å². The topological polar surface area (TPSA) is 61.8 Å². The zero-order valence-electron chi connectivity index (χ0n) is 12.0. The van der Waals surface area contributed by atoms with E-state index in [9.17, 15) is 4.79 Å². The number of ether oxygens (including phenoxy) is 1. The summed E-state index contributed by atoms with van der Waals surface area (Å²) < 4.78 is 5.53. The van der Waals surface area contributed by atoms with Crippen LogP contribution in [0.3, 0.4) is 0 Å². The molecule has 0 atom stereocenters. The summed E-state index contributed by atoms with van der Waals surface area (Å²) in [5.41, 5.74) is 0.679. The molecule has 1 aromatic carbocycles. The molecule has 0 saturated heterocycles. The molecule has 0 saturated carbocycles. The molecule has 0 aromatic heterocycles. The molecule has 1 aromatic rings. The number of aliphatic hydroxyl groups excluding tert-OH is 1. The lowest BCUT2D eigenvalue weighted by Gasteiger charge is -2.20. The maximum absolute atomic E-state index is 12.0. The highest BCUT2D eigenvalue weighted by molar-refractivity contribution is 5.89. The molecule has 0 fully saturated rings. The van der Waals surface area contributed by atoms with Crippen LogP contribution in [0.4, 0.5) is 10.5 Å². The van der Waals surface area contributed by atoms with Crippen LogP contribution >= 0.6 is 0 Å². The van der Waals surface area contributed by atoms with Gasteiger partial charge in [-0.3, -0.25) is 0 Å². The van der Waals surface area contributed by atoms with Crippen LogP contribution in [0.1, 0.15) is 13.8 Å². The van der Waals surface area contributed by atoms with Crippen LogP contribution in [0, 0.1) is 0 Å². The summed E-state index contributed by atoms with van der Waals surface area (Å²) in [5.74, 6) is 0.760. The molecule has 110 valence electrons. The average Bonchev–Trinajstić information content (AvgIpc) is 2.40. The van der Waals surface area contributed by atoms with Gasteiger partial charge in [0.15, 0.2) is 0 Å². The second kappa shape index (κ2) is 8.22. The first kappa shape index (κ1) is 16.0. The number of nitrogens with zero attached hydrogens (tertiary/aromatic N) is 1. The fourth-order valence-electron chi connectivity index (χ4n) is 1.64. The molecule has 0 aliphatic rings. The summed E-state index contributed by atoms with van der Waals surface area (Å²) in [6, 6.07) is 6.90. The third-order valence-corrected chi connectivity index (χ3v) is 2.48. The van der Waals surface area contributed by atoms with Crippen molar-refractivity contribution in [2.24, 2.45) is 0 Å². The standard InChI is InChI=1S/C15H22N2O3/c1-4-9-17(10-11-18)15(19)16-13-5-7-14(8-6-13)20-12(2)3/h4-8,12,18H,1,9-11H2,2-3H3,(H,16,19). The third kappa shape index (κ3) is 5.32. The van der Waals surface area contributed by atoms with Crippen LogP contribution in [-0.4, -0.2) is 41.8 Å². The van der Waals surface area contributed by atoms with Gasteiger partial charge in [0.2, 0.25) is 0 Å². The lowest BCUT2D eigenvalue weighted by atomic mass is 10.3. The normalized spacial score (nSPS) is 10.2. The van der Waals surface area contributed by atoms with E-state index in [1.54, 1.807) is 30.3 Å². The van der Waals surface area contributed by atoms with Gasteiger partial charge in [-0.05, 0) is 38.1 Å². The van der Waals surface area contributed by atoms with Crippen molar-refractivity contribution in [2.45, 2.75) is 20.0 Å². The summed E-state index contributed by atoms with van der Waals surface area (Å²) in [4.78, 5) is 13.5.